The van der Waals surface area contributed by atoms with Crippen molar-refractivity contribution in [3.63, 3.8) is 0 Å². The number of methoxy groups -OCH3 is 1. The summed E-state index contributed by atoms with van der Waals surface area (Å²) >= 11 is 0. The quantitative estimate of drug-likeness (QED) is 0.244. The SMILES string of the molecule is CC[C@H](NC(=O)c1c(-c2ccc3cc(OC)ccc3c2)nc(-c2ccccc2)n1CC)c1ccccc1.[HH]. The van der Waals surface area contributed by atoms with Gasteiger partial charge in [-0.2, -0.15) is 0 Å². The molecule has 0 aliphatic rings. The minimum absolute atomic E-state index is 0. The molecular weight excluding hydrogens is 458 g/mol. The molecule has 5 aromatic rings. The second-order valence-electron chi connectivity index (χ2n) is 9.02. The maximum absolute atomic E-state index is 14.0. The van der Waals surface area contributed by atoms with Crippen molar-refractivity contribution in [3.8, 4) is 28.4 Å². The van der Waals surface area contributed by atoms with Crippen molar-refractivity contribution in [1.82, 2.24) is 14.9 Å². The molecule has 188 valence electrons. The first kappa shape index (κ1) is 24.3. The summed E-state index contributed by atoms with van der Waals surface area (Å²) in [5, 5.41) is 5.42. The molecule has 0 radical (unpaired) electrons. The Hall–Kier alpha value is -4.38. The van der Waals surface area contributed by atoms with Crippen LogP contribution in [0.2, 0.25) is 0 Å². The van der Waals surface area contributed by atoms with Crippen LogP contribution in [0.1, 0.15) is 43.8 Å². The number of benzene rings is 4. The van der Waals surface area contributed by atoms with Crippen LogP contribution in [0.3, 0.4) is 0 Å². The molecule has 1 aromatic heterocycles. The predicted octanol–water partition coefficient (Wildman–Crippen LogP) is 7.53. The highest BCUT2D eigenvalue weighted by atomic mass is 16.5. The van der Waals surface area contributed by atoms with E-state index in [1.165, 1.54) is 0 Å². The van der Waals surface area contributed by atoms with Crippen LogP contribution in [-0.2, 0) is 6.54 Å². The standard InChI is InChI=1S/C32H31N3O2.H2/c1-4-28(22-12-8-6-9-13-22)33-32(36)30-29(34-31(35(30)5-2)23-14-10-7-11-15-23)26-17-16-25-21-27(37-3)19-18-24(25)20-26;/h6-21,28H,4-5H2,1-3H3,(H,33,36);1H/t28-;/m0./s1. The number of rotatable bonds is 8. The van der Waals surface area contributed by atoms with Crippen LogP contribution < -0.4 is 10.1 Å². The van der Waals surface area contributed by atoms with E-state index in [9.17, 15) is 4.79 Å². The van der Waals surface area contributed by atoms with E-state index in [0.717, 1.165) is 45.5 Å². The Morgan fingerprint density at radius 3 is 2.24 bits per heavy atom. The highest BCUT2D eigenvalue weighted by molar-refractivity contribution is 6.01. The molecule has 0 saturated heterocycles. The molecule has 5 heteroatoms. The first-order chi connectivity index (χ1) is 18.1. The summed E-state index contributed by atoms with van der Waals surface area (Å²) < 4.78 is 7.41. The summed E-state index contributed by atoms with van der Waals surface area (Å²) in [6.45, 7) is 4.76. The van der Waals surface area contributed by atoms with Crippen molar-refractivity contribution in [2.45, 2.75) is 32.9 Å². The Morgan fingerprint density at radius 1 is 0.892 bits per heavy atom. The van der Waals surface area contributed by atoms with Gasteiger partial charge in [-0.1, -0.05) is 85.8 Å². The summed E-state index contributed by atoms with van der Waals surface area (Å²) in [5.74, 6) is 1.47. The number of nitrogens with one attached hydrogen (secondary N) is 1. The van der Waals surface area contributed by atoms with Gasteiger partial charge in [0.1, 0.15) is 23.0 Å². The number of ether oxygens (including phenoxy) is 1. The highest BCUT2D eigenvalue weighted by Crippen LogP contribution is 2.33. The van der Waals surface area contributed by atoms with Gasteiger partial charge in [-0.05, 0) is 47.9 Å². The predicted molar refractivity (Wildman–Crippen MR) is 152 cm³/mol. The normalized spacial score (nSPS) is 11.9. The molecule has 4 aromatic carbocycles. The molecular formula is C32H33N3O2. The fraction of sp³-hybridized carbons (Fsp3) is 0.188. The van der Waals surface area contributed by atoms with Crippen LogP contribution in [0.5, 0.6) is 5.75 Å². The van der Waals surface area contributed by atoms with E-state index in [-0.39, 0.29) is 13.4 Å². The van der Waals surface area contributed by atoms with Crippen LogP contribution in [0.4, 0.5) is 0 Å². The maximum Gasteiger partial charge on any atom is 0.270 e. The number of aromatic nitrogens is 2. The zero-order valence-corrected chi connectivity index (χ0v) is 21.4. The minimum Gasteiger partial charge on any atom is -0.497 e. The first-order valence-electron chi connectivity index (χ1n) is 12.7. The van der Waals surface area contributed by atoms with E-state index in [1.54, 1.807) is 7.11 Å². The molecule has 37 heavy (non-hydrogen) atoms. The lowest BCUT2D eigenvalue weighted by Crippen LogP contribution is -2.30. The zero-order valence-electron chi connectivity index (χ0n) is 21.4. The number of hydrogen-bond acceptors (Lipinski definition) is 3. The summed E-state index contributed by atoms with van der Waals surface area (Å²) in [4.78, 5) is 19.0. The number of hydrogen-bond donors (Lipinski definition) is 1. The second kappa shape index (κ2) is 10.7. The van der Waals surface area contributed by atoms with Crippen molar-refractivity contribution in [1.29, 1.82) is 0 Å². The molecule has 0 aliphatic heterocycles. The van der Waals surface area contributed by atoms with Crippen LogP contribution in [0, 0.1) is 0 Å². The number of carbonyl (C=O) groups is 1. The molecule has 1 amide bonds. The van der Waals surface area contributed by atoms with E-state index in [4.69, 9.17) is 9.72 Å². The van der Waals surface area contributed by atoms with Crippen molar-refractivity contribution in [2.75, 3.05) is 7.11 Å². The Bertz CT molecular complexity index is 1530. The molecule has 0 bridgehead atoms. The summed E-state index contributed by atoms with van der Waals surface area (Å²) in [7, 11) is 1.67. The van der Waals surface area contributed by atoms with Gasteiger partial charge >= 0.3 is 0 Å². The summed E-state index contributed by atoms with van der Waals surface area (Å²) in [6, 6.07) is 32.2. The molecule has 0 unspecified atom stereocenters. The van der Waals surface area contributed by atoms with Gasteiger partial charge in [-0.3, -0.25) is 4.79 Å². The van der Waals surface area contributed by atoms with Crippen molar-refractivity contribution < 1.29 is 11.0 Å². The van der Waals surface area contributed by atoms with Crippen LogP contribution in [-0.4, -0.2) is 22.6 Å². The van der Waals surface area contributed by atoms with Crippen LogP contribution in [0.15, 0.2) is 97.1 Å². The smallest absolute Gasteiger partial charge is 0.270 e. The second-order valence-corrected chi connectivity index (χ2v) is 9.02. The lowest BCUT2D eigenvalue weighted by atomic mass is 10.0. The molecule has 5 rings (SSSR count). The Labute approximate surface area is 219 Å². The summed E-state index contributed by atoms with van der Waals surface area (Å²) in [6.07, 6.45) is 0.786. The monoisotopic (exact) mass is 491 g/mol. The fourth-order valence-electron chi connectivity index (χ4n) is 4.83. The van der Waals surface area contributed by atoms with Crippen LogP contribution in [0.25, 0.3) is 33.4 Å². The van der Waals surface area contributed by atoms with Gasteiger partial charge in [-0.25, -0.2) is 4.98 Å². The molecule has 0 aliphatic carbocycles. The molecule has 5 nitrogen and oxygen atoms in total. The Kier molecular flexibility index (Phi) is 7.04. The van der Waals surface area contributed by atoms with Crippen LogP contribution >= 0.6 is 0 Å². The maximum atomic E-state index is 14.0. The van der Waals surface area contributed by atoms with Gasteiger partial charge in [0.05, 0.1) is 13.2 Å². The largest absolute Gasteiger partial charge is 0.497 e. The highest BCUT2D eigenvalue weighted by Gasteiger charge is 2.26. The number of imidazole rings is 1. The molecule has 0 fully saturated rings. The Morgan fingerprint density at radius 2 is 1.57 bits per heavy atom. The first-order valence-corrected chi connectivity index (χ1v) is 12.7. The fourth-order valence-corrected chi connectivity index (χ4v) is 4.83. The van der Waals surface area contributed by atoms with E-state index < -0.39 is 0 Å². The van der Waals surface area contributed by atoms with Crippen molar-refractivity contribution in [2.24, 2.45) is 0 Å². The lowest BCUT2D eigenvalue weighted by molar-refractivity contribution is 0.0927. The number of nitrogens with zero attached hydrogens (tertiary/aromatic N) is 2. The number of carbonyl (C=O) groups excluding carboxylic acids is 1. The molecule has 1 atom stereocenters. The molecule has 1 heterocycles. The average molecular weight is 492 g/mol. The van der Waals surface area contributed by atoms with Gasteiger partial charge in [-0.15, -0.1) is 0 Å². The van der Waals surface area contributed by atoms with Gasteiger partial charge in [0, 0.05) is 19.1 Å². The average Bonchev–Trinajstić information content (AvgIpc) is 3.36. The zero-order chi connectivity index (χ0) is 25.8. The topological polar surface area (TPSA) is 56.1 Å². The minimum atomic E-state index is -0.128. The van der Waals surface area contributed by atoms with E-state index >= 15 is 0 Å². The lowest BCUT2D eigenvalue weighted by Gasteiger charge is -2.19. The van der Waals surface area contributed by atoms with Gasteiger partial charge in [0.15, 0.2) is 0 Å². The molecule has 0 spiro atoms. The van der Waals surface area contributed by atoms with Gasteiger partial charge in [0.25, 0.3) is 5.91 Å². The van der Waals surface area contributed by atoms with Gasteiger partial charge in [0.2, 0.25) is 0 Å². The van der Waals surface area contributed by atoms with E-state index in [0.29, 0.717) is 17.9 Å². The Balaban J connectivity index is 0.00000336. The van der Waals surface area contributed by atoms with Gasteiger partial charge < -0.3 is 14.6 Å². The molecule has 0 saturated carbocycles. The third kappa shape index (κ3) is 4.85. The van der Waals surface area contributed by atoms with Crippen molar-refractivity contribution >= 4 is 16.7 Å². The van der Waals surface area contributed by atoms with Crippen molar-refractivity contribution in [3.05, 3.63) is 108 Å². The third-order valence-electron chi connectivity index (χ3n) is 6.77. The van der Waals surface area contributed by atoms with E-state index in [1.807, 2.05) is 77.4 Å². The number of fused-ring (bicyclic) bond motifs is 1. The number of amides is 1. The summed E-state index contributed by atoms with van der Waals surface area (Å²) in [5.41, 5.74) is 4.22. The molecule has 1 N–H and O–H groups in total. The third-order valence-corrected chi connectivity index (χ3v) is 6.77. The van der Waals surface area contributed by atoms with E-state index in [2.05, 4.69) is 43.4 Å².